The summed E-state index contributed by atoms with van der Waals surface area (Å²) in [6.45, 7) is 10.2. The summed E-state index contributed by atoms with van der Waals surface area (Å²) in [4.78, 5) is 2.34. The quantitative estimate of drug-likeness (QED) is 0.737. The van der Waals surface area contributed by atoms with E-state index in [9.17, 15) is 8.42 Å². The van der Waals surface area contributed by atoms with Crippen LogP contribution in [0.4, 0.5) is 0 Å². The minimum Gasteiger partial charge on any atom is -0.320 e. The fourth-order valence-corrected chi connectivity index (χ4v) is 3.68. The summed E-state index contributed by atoms with van der Waals surface area (Å²) in [6.07, 6.45) is 0.679. The first-order valence-corrected chi connectivity index (χ1v) is 8.26. The molecule has 1 N–H and O–H groups in total. The van der Waals surface area contributed by atoms with Crippen molar-refractivity contribution in [1.29, 1.82) is 0 Å². The molecule has 108 valence electrons. The van der Waals surface area contributed by atoms with Crippen molar-refractivity contribution >= 4 is 10.0 Å². The topological polar surface area (TPSA) is 52.7 Å². The smallest absolute Gasteiger partial charge is 0.214 e. The summed E-state index contributed by atoms with van der Waals surface area (Å²) in [5.74, 6) is 0.253. The van der Waals surface area contributed by atoms with Crippen LogP contribution < -0.4 is 5.32 Å². The van der Waals surface area contributed by atoms with E-state index in [0.717, 1.165) is 19.6 Å². The fourth-order valence-electron chi connectivity index (χ4n) is 2.20. The molecule has 0 saturated carbocycles. The van der Waals surface area contributed by atoms with Crippen molar-refractivity contribution in [3.05, 3.63) is 0 Å². The molecule has 0 aromatic carbocycles. The molecule has 6 heteroatoms. The Kier molecular flexibility index (Phi) is 5.58. The molecular weight excluding hydrogens is 250 g/mol. The summed E-state index contributed by atoms with van der Waals surface area (Å²) < 4.78 is 25.8. The highest BCUT2D eigenvalue weighted by atomic mass is 32.2. The molecular formula is C12H27N3O2S. The van der Waals surface area contributed by atoms with E-state index in [1.807, 2.05) is 7.05 Å². The zero-order valence-electron chi connectivity index (χ0n) is 12.1. The van der Waals surface area contributed by atoms with Crippen molar-refractivity contribution in [1.82, 2.24) is 14.5 Å². The van der Waals surface area contributed by atoms with Gasteiger partial charge in [0.2, 0.25) is 10.0 Å². The zero-order chi connectivity index (χ0) is 13.8. The van der Waals surface area contributed by atoms with Gasteiger partial charge in [0.05, 0.1) is 5.75 Å². The second-order valence-electron chi connectivity index (χ2n) is 5.83. The van der Waals surface area contributed by atoms with E-state index in [4.69, 9.17) is 0 Å². The molecule has 18 heavy (non-hydrogen) atoms. The van der Waals surface area contributed by atoms with Crippen molar-refractivity contribution < 1.29 is 8.42 Å². The lowest BCUT2D eigenvalue weighted by atomic mass is 10.1. The number of nitrogens with zero attached hydrogens (tertiary/aromatic N) is 2. The molecule has 0 spiro atoms. The molecule has 5 nitrogen and oxygen atoms in total. The predicted octanol–water partition coefficient (Wildman–Crippen LogP) is 0.342. The third-order valence-corrected chi connectivity index (χ3v) is 5.37. The molecule has 0 aromatic rings. The van der Waals surface area contributed by atoms with Crippen LogP contribution in [-0.2, 0) is 10.0 Å². The van der Waals surface area contributed by atoms with Gasteiger partial charge in [-0.05, 0) is 40.8 Å². The largest absolute Gasteiger partial charge is 0.320 e. The third kappa shape index (κ3) is 4.50. The molecule has 1 aliphatic heterocycles. The second-order valence-corrected chi connectivity index (χ2v) is 7.92. The monoisotopic (exact) mass is 277 g/mol. The lowest BCUT2D eigenvalue weighted by Crippen LogP contribution is -2.54. The molecule has 1 heterocycles. The molecule has 0 amide bonds. The number of hydrogen-bond donors (Lipinski definition) is 1. The summed E-state index contributed by atoms with van der Waals surface area (Å²) in [7, 11) is -1.22. The average molecular weight is 277 g/mol. The Morgan fingerprint density at radius 2 is 1.67 bits per heavy atom. The van der Waals surface area contributed by atoms with E-state index in [-0.39, 0.29) is 11.3 Å². The first-order valence-electron chi connectivity index (χ1n) is 6.65. The van der Waals surface area contributed by atoms with Gasteiger partial charge in [0.1, 0.15) is 0 Å². The van der Waals surface area contributed by atoms with Gasteiger partial charge >= 0.3 is 0 Å². The average Bonchev–Trinajstić information content (AvgIpc) is 2.28. The van der Waals surface area contributed by atoms with Gasteiger partial charge < -0.3 is 5.32 Å². The molecule has 0 bridgehead atoms. The highest BCUT2D eigenvalue weighted by molar-refractivity contribution is 7.89. The van der Waals surface area contributed by atoms with Crippen LogP contribution in [0.15, 0.2) is 0 Å². The molecule has 0 atom stereocenters. The maximum Gasteiger partial charge on any atom is 0.214 e. The van der Waals surface area contributed by atoms with Gasteiger partial charge in [0, 0.05) is 31.7 Å². The van der Waals surface area contributed by atoms with Gasteiger partial charge in [0.25, 0.3) is 0 Å². The normalized spacial score (nSPS) is 20.2. The number of piperazine rings is 1. The van der Waals surface area contributed by atoms with E-state index < -0.39 is 10.0 Å². The summed E-state index contributed by atoms with van der Waals surface area (Å²) in [6, 6.07) is 0. The van der Waals surface area contributed by atoms with Crippen molar-refractivity contribution in [2.24, 2.45) is 0 Å². The SMILES string of the molecule is CNCCCS(=O)(=O)N1CCN(C(C)(C)C)CC1. The van der Waals surface area contributed by atoms with Crippen molar-refractivity contribution in [3.8, 4) is 0 Å². The van der Waals surface area contributed by atoms with Crippen LogP contribution in [0.25, 0.3) is 0 Å². The predicted molar refractivity (Wildman–Crippen MR) is 75.2 cm³/mol. The molecule has 1 saturated heterocycles. The second kappa shape index (κ2) is 6.32. The number of nitrogens with one attached hydrogen (secondary N) is 1. The van der Waals surface area contributed by atoms with Crippen LogP contribution >= 0.6 is 0 Å². The van der Waals surface area contributed by atoms with Crippen molar-refractivity contribution in [3.63, 3.8) is 0 Å². The highest BCUT2D eigenvalue weighted by Crippen LogP contribution is 2.17. The summed E-state index contributed by atoms with van der Waals surface area (Å²) in [5.41, 5.74) is 0.127. The molecule has 0 radical (unpaired) electrons. The minimum atomic E-state index is -3.06. The Hall–Kier alpha value is -0.170. The Balaban J connectivity index is 2.47. The molecule has 0 unspecified atom stereocenters. The Labute approximate surface area is 112 Å². The maximum atomic E-state index is 12.1. The summed E-state index contributed by atoms with van der Waals surface area (Å²) >= 11 is 0. The summed E-state index contributed by atoms with van der Waals surface area (Å²) in [5, 5.41) is 2.98. The first kappa shape index (κ1) is 15.9. The van der Waals surface area contributed by atoms with E-state index in [0.29, 0.717) is 19.5 Å². The third-order valence-electron chi connectivity index (χ3n) is 3.41. The molecule has 1 rings (SSSR count). The van der Waals surface area contributed by atoms with Crippen LogP contribution in [-0.4, -0.2) is 68.7 Å². The Morgan fingerprint density at radius 3 is 2.11 bits per heavy atom. The van der Waals surface area contributed by atoms with E-state index in [1.165, 1.54) is 0 Å². The highest BCUT2D eigenvalue weighted by Gasteiger charge is 2.30. The van der Waals surface area contributed by atoms with Crippen LogP contribution in [0.1, 0.15) is 27.2 Å². The van der Waals surface area contributed by atoms with Crippen LogP contribution in [0.3, 0.4) is 0 Å². The van der Waals surface area contributed by atoms with Crippen molar-refractivity contribution in [2.75, 3.05) is 45.5 Å². The Bertz CT molecular complexity index is 341. The lowest BCUT2D eigenvalue weighted by Gasteiger charge is -2.41. The molecule has 0 aromatic heterocycles. The van der Waals surface area contributed by atoms with Crippen LogP contribution in [0.2, 0.25) is 0 Å². The lowest BCUT2D eigenvalue weighted by molar-refractivity contribution is 0.0922. The van der Waals surface area contributed by atoms with Gasteiger partial charge in [-0.25, -0.2) is 8.42 Å². The Morgan fingerprint density at radius 1 is 1.11 bits per heavy atom. The van der Waals surface area contributed by atoms with Gasteiger partial charge in [-0.2, -0.15) is 4.31 Å². The number of rotatable bonds is 5. The fraction of sp³-hybridized carbons (Fsp3) is 1.00. The van der Waals surface area contributed by atoms with Gasteiger partial charge in [-0.1, -0.05) is 0 Å². The molecule has 0 aliphatic carbocycles. The number of sulfonamides is 1. The van der Waals surface area contributed by atoms with Gasteiger partial charge in [-0.3, -0.25) is 4.90 Å². The number of hydrogen-bond acceptors (Lipinski definition) is 4. The van der Waals surface area contributed by atoms with E-state index in [2.05, 4.69) is 31.0 Å². The standard InChI is InChI=1S/C12H27N3O2S/c1-12(2,3)14-7-9-15(10-8-14)18(16,17)11-5-6-13-4/h13H,5-11H2,1-4H3. The van der Waals surface area contributed by atoms with Crippen LogP contribution in [0.5, 0.6) is 0 Å². The maximum absolute atomic E-state index is 12.1. The zero-order valence-corrected chi connectivity index (χ0v) is 12.9. The minimum absolute atomic E-state index is 0.127. The molecule has 1 aliphatic rings. The van der Waals surface area contributed by atoms with E-state index >= 15 is 0 Å². The van der Waals surface area contributed by atoms with Gasteiger partial charge in [0.15, 0.2) is 0 Å². The van der Waals surface area contributed by atoms with Crippen LogP contribution in [0, 0.1) is 0 Å². The van der Waals surface area contributed by atoms with Crippen molar-refractivity contribution in [2.45, 2.75) is 32.7 Å². The molecule has 1 fully saturated rings. The first-order chi connectivity index (χ1) is 8.27. The van der Waals surface area contributed by atoms with Gasteiger partial charge in [-0.15, -0.1) is 0 Å². The van der Waals surface area contributed by atoms with E-state index in [1.54, 1.807) is 4.31 Å².